The fourth-order valence-corrected chi connectivity index (χ4v) is 3.61. The van der Waals surface area contributed by atoms with E-state index in [4.69, 9.17) is 11.6 Å². The molecule has 1 amide bonds. The number of carbonyl (C=O) groups is 1. The average molecular weight is 379 g/mol. The zero-order valence-corrected chi connectivity index (χ0v) is 16.0. The van der Waals surface area contributed by atoms with Crippen LogP contribution in [0.25, 0.3) is 10.8 Å². The van der Waals surface area contributed by atoms with Gasteiger partial charge in [-0.25, -0.2) is 0 Å². The number of benzene rings is 3. The Morgan fingerprint density at radius 1 is 1.00 bits per heavy atom. The summed E-state index contributed by atoms with van der Waals surface area (Å²) in [6.45, 7) is 1.66. The second kappa shape index (κ2) is 8.12. The van der Waals surface area contributed by atoms with E-state index in [0.717, 1.165) is 18.8 Å². The SMILES string of the molecule is O=C(CCN(Cc1cccc2ccccc12)C1CC1)Nc1ccc(Cl)cc1. The molecule has 0 saturated heterocycles. The predicted molar refractivity (Wildman–Crippen MR) is 112 cm³/mol. The molecule has 1 aliphatic rings. The van der Waals surface area contributed by atoms with Crippen LogP contribution < -0.4 is 5.32 Å². The fraction of sp³-hybridized carbons (Fsp3) is 0.261. The second-order valence-electron chi connectivity index (χ2n) is 7.14. The summed E-state index contributed by atoms with van der Waals surface area (Å²) in [5, 5.41) is 6.19. The molecule has 0 aliphatic heterocycles. The van der Waals surface area contributed by atoms with E-state index in [0.29, 0.717) is 17.5 Å². The molecule has 0 unspecified atom stereocenters. The van der Waals surface area contributed by atoms with E-state index in [-0.39, 0.29) is 5.91 Å². The second-order valence-corrected chi connectivity index (χ2v) is 7.58. The summed E-state index contributed by atoms with van der Waals surface area (Å²) in [6, 6.07) is 22.8. The van der Waals surface area contributed by atoms with Crippen molar-refractivity contribution in [2.45, 2.75) is 31.8 Å². The molecule has 1 N–H and O–H groups in total. The van der Waals surface area contributed by atoms with E-state index in [1.54, 1.807) is 12.1 Å². The summed E-state index contributed by atoms with van der Waals surface area (Å²) < 4.78 is 0. The van der Waals surface area contributed by atoms with Crippen molar-refractivity contribution in [2.75, 3.05) is 11.9 Å². The minimum Gasteiger partial charge on any atom is -0.326 e. The molecule has 3 aromatic carbocycles. The van der Waals surface area contributed by atoms with Crippen LogP contribution in [-0.2, 0) is 11.3 Å². The van der Waals surface area contributed by atoms with E-state index in [2.05, 4.69) is 52.7 Å². The molecule has 3 nitrogen and oxygen atoms in total. The summed E-state index contributed by atoms with van der Waals surface area (Å²) >= 11 is 5.89. The number of carbonyl (C=O) groups excluding carboxylic acids is 1. The van der Waals surface area contributed by atoms with Gasteiger partial charge >= 0.3 is 0 Å². The number of hydrogen-bond acceptors (Lipinski definition) is 2. The van der Waals surface area contributed by atoms with Crippen LogP contribution in [0.4, 0.5) is 5.69 Å². The Morgan fingerprint density at radius 2 is 1.74 bits per heavy atom. The van der Waals surface area contributed by atoms with Crippen LogP contribution in [0.1, 0.15) is 24.8 Å². The number of anilines is 1. The molecule has 0 radical (unpaired) electrons. The maximum Gasteiger partial charge on any atom is 0.225 e. The van der Waals surface area contributed by atoms with Crippen LogP contribution in [-0.4, -0.2) is 23.4 Å². The van der Waals surface area contributed by atoms with Crippen LogP contribution in [0.2, 0.25) is 5.02 Å². The first-order valence-electron chi connectivity index (χ1n) is 9.45. The van der Waals surface area contributed by atoms with E-state index < -0.39 is 0 Å². The van der Waals surface area contributed by atoms with Crippen LogP contribution in [0, 0.1) is 0 Å². The van der Waals surface area contributed by atoms with Gasteiger partial charge in [-0.1, -0.05) is 54.1 Å². The maximum atomic E-state index is 12.3. The first-order valence-corrected chi connectivity index (χ1v) is 9.83. The highest BCUT2D eigenvalue weighted by atomic mass is 35.5. The number of rotatable bonds is 7. The van der Waals surface area contributed by atoms with Crippen molar-refractivity contribution in [3.63, 3.8) is 0 Å². The Morgan fingerprint density at radius 3 is 2.52 bits per heavy atom. The Hall–Kier alpha value is -2.36. The molecular weight excluding hydrogens is 356 g/mol. The Bertz CT molecular complexity index is 929. The van der Waals surface area contributed by atoms with Gasteiger partial charge in [0.1, 0.15) is 0 Å². The number of halogens is 1. The Kier molecular flexibility index (Phi) is 5.42. The van der Waals surface area contributed by atoms with Crippen LogP contribution in [0.15, 0.2) is 66.7 Å². The first-order chi connectivity index (χ1) is 13.2. The minimum absolute atomic E-state index is 0.0425. The molecule has 0 atom stereocenters. The minimum atomic E-state index is 0.0425. The van der Waals surface area contributed by atoms with E-state index in [1.165, 1.54) is 29.2 Å². The van der Waals surface area contributed by atoms with Crippen molar-refractivity contribution in [1.82, 2.24) is 4.90 Å². The van der Waals surface area contributed by atoms with Gasteiger partial charge in [0.25, 0.3) is 0 Å². The Balaban J connectivity index is 1.39. The molecule has 1 fully saturated rings. The lowest BCUT2D eigenvalue weighted by Crippen LogP contribution is -2.29. The largest absolute Gasteiger partial charge is 0.326 e. The van der Waals surface area contributed by atoms with E-state index in [1.807, 2.05) is 12.1 Å². The summed E-state index contributed by atoms with van der Waals surface area (Å²) in [6.07, 6.45) is 2.94. The molecule has 3 aromatic rings. The van der Waals surface area contributed by atoms with E-state index >= 15 is 0 Å². The van der Waals surface area contributed by atoms with Crippen molar-refractivity contribution >= 4 is 34.0 Å². The smallest absolute Gasteiger partial charge is 0.225 e. The van der Waals surface area contributed by atoms with Crippen LogP contribution >= 0.6 is 11.6 Å². The lowest BCUT2D eigenvalue weighted by atomic mass is 10.0. The number of hydrogen-bond donors (Lipinski definition) is 1. The van der Waals surface area contributed by atoms with Gasteiger partial charge in [-0.3, -0.25) is 9.69 Å². The predicted octanol–water partition coefficient (Wildman–Crippen LogP) is 5.49. The molecule has 27 heavy (non-hydrogen) atoms. The Labute approximate surface area is 164 Å². The molecule has 0 aromatic heterocycles. The van der Waals surface area contributed by atoms with Gasteiger partial charge in [-0.05, 0) is 53.4 Å². The summed E-state index contributed by atoms with van der Waals surface area (Å²) in [5.41, 5.74) is 2.12. The quantitative estimate of drug-likeness (QED) is 0.589. The zero-order chi connectivity index (χ0) is 18.6. The standard InChI is InChI=1S/C23H23ClN2O/c24-19-8-10-20(11-9-19)25-23(27)14-15-26(21-12-13-21)16-18-6-3-5-17-4-1-2-7-22(17)18/h1-11,21H,12-16H2,(H,25,27). The van der Waals surface area contributed by atoms with Crippen molar-refractivity contribution in [1.29, 1.82) is 0 Å². The summed E-state index contributed by atoms with van der Waals surface area (Å²) in [7, 11) is 0. The van der Waals surface area contributed by atoms with Crippen molar-refractivity contribution in [3.05, 3.63) is 77.3 Å². The van der Waals surface area contributed by atoms with Crippen molar-refractivity contribution in [3.8, 4) is 0 Å². The molecule has 138 valence electrons. The highest BCUT2D eigenvalue weighted by Gasteiger charge is 2.29. The molecule has 0 spiro atoms. The summed E-state index contributed by atoms with van der Waals surface area (Å²) in [5.74, 6) is 0.0425. The normalized spacial score (nSPS) is 13.9. The number of fused-ring (bicyclic) bond motifs is 1. The van der Waals surface area contributed by atoms with E-state index in [9.17, 15) is 4.79 Å². The van der Waals surface area contributed by atoms with Gasteiger partial charge in [0, 0.05) is 36.3 Å². The third-order valence-electron chi connectivity index (χ3n) is 5.07. The third kappa shape index (κ3) is 4.68. The van der Waals surface area contributed by atoms with Gasteiger partial charge in [0.05, 0.1) is 0 Å². The fourth-order valence-electron chi connectivity index (χ4n) is 3.48. The zero-order valence-electron chi connectivity index (χ0n) is 15.2. The van der Waals surface area contributed by atoms with Crippen molar-refractivity contribution < 1.29 is 4.79 Å². The average Bonchev–Trinajstić information content (AvgIpc) is 3.52. The molecule has 0 bridgehead atoms. The number of nitrogens with zero attached hydrogens (tertiary/aromatic N) is 1. The number of amides is 1. The van der Waals surface area contributed by atoms with Gasteiger partial charge in [-0.2, -0.15) is 0 Å². The molecule has 4 rings (SSSR count). The lowest BCUT2D eigenvalue weighted by Gasteiger charge is -2.22. The lowest BCUT2D eigenvalue weighted by molar-refractivity contribution is -0.116. The monoisotopic (exact) mass is 378 g/mol. The maximum absolute atomic E-state index is 12.3. The summed E-state index contributed by atoms with van der Waals surface area (Å²) in [4.78, 5) is 14.8. The highest BCUT2D eigenvalue weighted by molar-refractivity contribution is 6.30. The van der Waals surface area contributed by atoms with Gasteiger partial charge in [-0.15, -0.1) is 0 Å². The number of nitrogens with one attached hydrogen (secondary N) is 1. The third-order valence-corrected chi connectivity index (χ3v) is 5.32. The van der Waals surface area contributed by atoms with Gasteiger partial charge in [0.15, 0.2) is 0 Å². The van der Waals surface area contributed by atoms with Crippen molar-refractivity contribution in [2.24, 2.45) is 0 Å². The molecule has 4 heteroatoms. The molecular formula is C23H23ClN2O. The highest BCUT2D eigenvalue weighted by Crippen LogP contribution is 2.30. The first kappa shape index (κ1) is 18.0. The van der Waals surface area contributed by atoms with Gasteiger partial charge < -0.3 is 5.32 Å². The molecule has 1 saturated carbocycles. The van der Waals surface area contributed by atoms with Crippen LogP contribution in [0.3, 0.4) is 0 Å². The van der Waals surface area contributed by atoms with Gasteiger partial charge in [0.2, 0.25) is 5.91 Å². The van der Waals surface area contributed by atoms with Crippen LogP contribution in [0.5, 0.6) is 0 Å². The molecule has 0 heterocycles. The molecule has 1 aliphatic carbocycles. The topological polar surface area (TPSA) is 32.3 Å².